The quantitative estimate of drug-likeness (QED) is 0.118. The van der Waals surface area contributed by atoms with E-state index in [-0.39, 0.29) is 0 Å². The molecule has 3 heterocycles. The summed E-state index contributed by atoms with van der Waals surface area (Å²) in [6, 6.07) is 111. The van der Waals surface area contributed by atoms with Crippen molar-refractivity contribution < 1.29 is 0 Å². The van der Waals surface area contributed by atoms with Gasteiger partial charge in [0.05, 0.1) is 11.2 Å². The predicted molar refractivity (Wildman–Crippen MR) is 335 cm³/mol. The summed E-state index contributed by atoms with van der Waals surface area (Å²) >= 11 is 3.66. The molecule has 0 saturated heterocycles. The van der Waals surface area contributed by atoms with E-state index in [0.717, 1.165) is 28.3 Å². The highest BCUT2D eigenvalue weighted by Gasteiger charge is 2.24. The summed E-state index contributed by atoms with van der Waals surface area (Å²) in [7, 11) is 0. The summed E-state index contributed by atoms with van der Waals surface area (Å²) in [6.07, 6.45) is 0. The van der Waals surface area contributed by atoms with Gasteiger partial charge in [0.2, 0.25) is 0 Å². The molecule has 0 saturated carbocycles. The number of benzene rings is 11. The fourth-order valence-corrected chi connectivity index (χ4v) is 13.2. The largest absolute Gasteiger partial charge is 0.311 e. The fraction of sp³-hybridized carbons (Fsp3) is 0. The number of fused-ring (bicyclic) bond motifs is 3. The van der Waals surface area contributed by atoms with E-state index < -0.39 is 0 Å². The third-order valence-corrected chi connectivity index (χ3v) is 17.3. The molecular weight excluding hydrogens is 981 g/mol. The first-order valence-electron chi connectivity index (χ1n) is 26.5. The maximum absolute atomic E-state index is 2.51. The molecule has 0 amide bonds. The SMILES string of the molecule is c1ccc(-c2ccc(-n3c(-c4ccccc4)c(-c4ccccc4)c4ccc5c(-c6ccc(N(c7ccc(-c8ccc(-c9ccccc9)s8)cc7)c7ccc(-c8ccc(-c9ccccc9)s8)cc7)cc6)cccc5c43)cc2)cc1. The predicted octanol–water partition coefficient (Wildman–Crippen LogP) is 21.7. The van der Waals surface area contributed by atoms with Gasteiger partial charge in [-0.15, -0.1) is 22.7 Å². The highest BCUT2D eigenvalue weighted by molar-refractivity contribution is 7.19. The Labute approximate surface area is 463 Å². The van der Waals surface area contributed by atoms with Gasteiger partial charge in [-0.2, -0.15) is 0 Å². The fourth-order valence-electron chi connectivity index (χ4n) is 11.1. The van der Waals surface area contributed by atoms with Crippen LogP contribution in [0.15, 0.2) is 303 Å². The van der Waals surface area contributed by atoms with Crippen molar-refractivity contribution in [1.29, 1.82) is 0 Å². The number of hydrogen-bond donors (Lipinski definition) is 0. The summed E-state index contributed by atoms with van der Waals surface area (Å²) < 4.78 is 2.51. The lowest BCUT2D eigenvalue weighted by Crippen LogP contribution is -2.09. The standard InChI is InChI=1S/C74H50N2S2/c1-6-17-51(18-7-1)52-29-37-63(38-30-52)76-73(59-25-14-5-15-26-59)72(58-23-12-4-13-24-58)67-46-45-65-64(27-16-28-66(65)74(67)76)53-31-39-60(40-32-53)75(61-41-33-56(34-42-61)70-49-47-68(77-70)54-19-8-2-9-20-54)62-43-35-57(36-44-62)71-50-48-69(78-71)55-21-10-3-11-22-55/h1-50H. The van der Waals surface area contributed by atoms with Crippen LogP contribution in [-0.2, 0) is 0 Å². The molecule has 78 heavy (non-hydrogen) atoms. The van der Waals surface area contributed by atoms with Crippen LogP contribution in [0.2, 0.25) is 0 Å². The Morgan fingerprint density at radius 2 is 0.615 bits per heavy atom. The van der Waals surface area contributed by atoms with Gasteiger partial charge in [0, 0.05) is 58.6 Å². The Bertz CT molecular complexity index is 4230. The summed E-state index contributed by atoms with van der Waals surface area (Å²) in [5.74, 6) is 0. The first kappa shape index (κ1) is 46.9. The van der Waals surface area contributed by atoms with E-state index in [1.807, 2.05) is 22.7 Å². The van der Waals surface area contributed by atoms with Gasteiger partial charge in [-0.3, -0.25) is 0 Å². The van der Waals surface area contributed by atoms with Gasteiger partial charge in [0.15, 0.2) is 0 Å². The zero-order chi connectivity index (χ0) is 51.8. The van der Waals surface area contributed by atoms with E-state index in [0.29, 0.717) is 0 Å². The van der Waals surface area contributed by atoms with E-state index in [4.69, 9.17) is 0 Å². The number of aromatic nitrogens is 1. The summed E-state index contributed by atoms with van der Waals surface area (Å²) in [4.78, 5) is 7.42. The van der Waals surface area contributed by atoms with Crippen LogP contribution in [0.1, 0.15) is 0 Å². The van der Waals surface area contributed by atoms with Crippen molar-refractivity contribution in [2.45, 2.75) is 0 Å². The lowest BCUT2D eigenvalue weighted by molar-refractivity contribution is 1.14. The number of nitrogens with zero attached hydrogens (tertiary/aromatic N) is 2. The molecule has 0 aliphatic heterocycles. The molecule has 0 aliphatic carbocycles. The van der Waals surface area contributed by atoms with Crippen molar-refractivity contribution in [3.05, 3.63) is 303 Å². The monoisotopic (exact) mass is 1030 g/mol. The molecule has 2 nitrogen and oxygen atoms in total. The smallest absolute Gasteiger partial charge is 0.0620 e. The average molecular weight is 1030 g/mol. The molecule has 0 fully saturated rings. The lowest BCUT2D eigenvalue weighted by atomic mass is 9.94. The molecule has 0 spiro atoms. The van der Waals surface area contributed by atoms with E-state index in [9.17, 15) is 0 Å². The van der Waals surface area contributed by atoms with E-state index in [1.165, 1.54) is 103 Å². The van der Waals surface area contributed by atoms with E-state index >= 15 is 0 Å². The molecular formula is C74H50N2S2. The molecule has 0 N–H and O–H groups in total. The first-order chi connectivity index (χ1) is 38.7. The Kier molecular flexibility index (Phi) is 12.3. The van der Waals surface area contributed by atoms with Crippen molar-refractivity contribution in [3.8, 4) is 92.1 Å². The third kappa shape index (κ3) is 8.83. The minimum absolute atomic E-state index is 1.08. The van der Waals surface area contributed by atoms with Crippen LogP contribution < -0.4 is 4.90 Å². The van der Waals surface area contributed by atoms with Gasteiger partial charge in [0.25, 0.3) is 0 Å². The Balaban J connectivity index is 0.875. The van der Waals surface area contributed by atoms with Gasteiger partial charge in [-0.25, -0.2) is 0 Å². The molecule has 0 aliphatic rings. The van der Waals surface area contributed by atoms with Crippen LogP contribution in [0.5, 0.6) is 0 Å². The van der Waals surface area contributed by atoms with Gasteiger partial charge in [0.1, 0.15) is 0 Å². The minimum Gasteiger partial charge on any atom is -0.311 e. The molecule has 368 valence electrons. The van der Waals surface area contributed by atoms with Crippen molar-refractivity contribution in [2.24, 2.45) is 0 Å². The third-order valence-electron chi connectivity index (χ3n) is 14.9. The zero-order valence-corrected chi connectivity index (χ0v) is 44.2. The lowest BCUT2D eigenvalue weighted by Gasteiger charge is -2.26. The Morgan fingerprint density at radius 1 is 0.244 bits per heavy atom. The number of anilines is 3. The second kappa shape index (κ2) is 20.5. The maximum Gasteiger partial charge on any atom is 0.0620 e. The van der Waals surface area contributed by atoms with Crippen LogP contribution in [0.25, 0.3) is 114 Å². The Morgan fingerprint density at radius 3 is 1.09 bits per heavy atom. The van der Waals surface area contributed by atoms with Gasteiger partial charge in [-0.1, -0.05) is 231 Å². The zero-order valence-electron chi connectivity index (χ0n) is 42.6. The molecule has 11 aromatic carbocycles. The van der Waals surface area contributed by atoms with Crippen LogP contribution in [0.4, 0.5) is 17.1 Å². The molecule has 0 unspecified atom stereocenters. The second-order valence-electron chi connectivity index (χ2n) is 19.6. The molecule has 14 aromatic rings. The second-order valence-corrected chi connectivity index (χ2v) is 21.8. The highest BCUT2D eigenvalue weighted by Crippen LogP contribution is 2.47. The summed E-state index contributed by atoms with van der Waals surface area (Å²) in [5.41, 5.74) is 20.0. The molecule has 0 radical (unpaired) electrons. The van der Waals surface area contributed by atoms with Gasteiger partial charge >= 0.3 is 0 Å². The van der Waals surface area contributed by atoms with Crippen molar-refractivity contribution in [2.75, 3.05) is 4.90 Å². The summed E-state index contributed by atoms with van der Waals surface area (Å²) in [5, 5.41) is 3.62. The van der Waals surface area contributed by atoms with E-state index in [2.05, 4.69) is 313 Å². The van der Waals surface area contributed by atoms with Crippen molar-refractivity contribution in [3.63, 3.8) is 0 Å². The first-order valence-corrected chi connectivity index (χ1v) is 28.1. The Hall–Kier alpha value is -9.58. The van der Waals surface area contributed by atoms with Crippen molar-refractivity contribution >= 4 is 61.4 Å². The van der Waals surface area contributed by atoms with Crippen molar-refractivity contribution in [1.82, 2.24) is 4.57 Å². The topological polar surface area (TPSA) is 8.17 Å². The average Bonchev–Trinajstić information content (AvgIpc) is 4.37. The minimum atomic E-state index is 1.08. The van der Waals surface area contributed by atoms with Crippen LogP contribution in [-0.4, -0.2) is 4.57 Å². The van der Waals surface area contributed by atoms with Crippen LogP contribution in [0, 0.1) is 0 Å². The van der Waals surface area contributed by atoms with E-state index in [1.54, 1.807) is 0 Å². The molecule has 0 bridgehead atoms. The van der Waals surface area contributed by atoms with Gasteiger partial charge in [-0.05, 0) is 134 Å². The molecule has 3 aromatic heterocycles. The number of rotatable bonds is 12. The van der Waals surface area contributed by atoms with Gasteiger partial charge < -0.3 is 9.47 Å². The normalized spacial score (nSPS) is 11.3. The number of hydrogen-bond acceptors (Lipinski definition) is 3. The van der Waals surface area contributed by atoms with Crippen LogP contribution >= 0.6 is 22.7 Å². The maximum atomic E-state index is 2.51. The highest BCUT2D eigenvalue weighted by atomic mass is 32.1. The van der Waals surface area contributed by atoms with Crippen LogP contribution in [0.3, 0.4) is 0 Å². The molecule has 0 atom stereocenters. The number of thiophene rings is 2. The molecule has 14 rings (SSSR count). The molecule has 4 heteroatoms. The summed E-state index contributed by atoms with van der Waals surface area (Å²) in [6.45, 7) is 0.